The van der Waals surface area contributed by atoms with Gasteiger partial charge in [0.05, 0.1) is 6.04 Å². The molecule has 4 heteroatoms. The lowest BCUT2D eigenvalue weighted by atomic mass is 9.80. The van der Waals surface area contributed by atoms with Gasteiger partial charge in [-0.1, -0.05) is 37.6 Å². The molecule has 29 heavy (non-hydrogen) atoms. The Kier molecular flexibility index (Phi) is 7.53. The Morgan fingerprint density at radius 1 is 1.34 bits per heavy atom. The molecule has 1 aromatic rings. The first-order valence-corrected chi connectivity index (χ1v) is 11.3. The van der Waals surface area contributed by atoms with Crippen molar-refractivity contribution in [3.05, 3.63) is 47.2 Å². The van der Waals surface area contributed by atoms with E-state index < -0.39 is 0 Å². The Bertz CT molecular complexity index is 714. The first-order chi connectivity index (χ1) is 14.0. The number of hydrogen-bond donors (Lipinski definition) is 1. The predicted octanol–water partition coefficient (Wildman–Crippen LogP) is 4.31. The summed E-state index contributed by atoms with van der Waals surface area (Å²) in [4.78, 5) is 15.9. The van der Waals surface area contributed by atoms with Crippen molar-refractivity contribution in [3.63, 3.8) is 0 Å². The van der Waals surface area contributed by atoms with E-state index in [1.807, 2.05) is 7.05 Å². The first-order valence-electron chi connectivity index (χ1n) is 11.3. The van der Waals surface area contributed by atoms with Crippen molar-refractivity contribution in [2.75, 3.05) is 21.1 Å². The second-order valence-electron chi connectivity index (χ2n) is 9.20. The zero-order valence-electron chi connectivity index (χ0n) is 18.8. The minimum Gasteiger partial charge on any atom is -0.391 e. The van der Waals surface area contributed by atoms with Crippen LogP contribution in [0.4, 0.5) is 0 Å². The van der Waals surface area contributed by atoms with Gasteiger partial charge in [0.1, 0.15) is 6.29 Å². The van der Waals surface area contributed by atoms with E-state index in [0.717, 1.165) is 30.9 Å². The van der Waals surface area contributed by atoms with Crippen molar-refractivity contribution in [2.24, 2.45) is 5.92 Å². The Hall–Kier alpha value is -1.65. The van der Waals surface area contributed by atoms with Gasteiger partial charge in [0.2, 0.25) is 0 Å². The molecule has 1 N–H and O–H groups in total. The third-order valence-corrected chi connectivity index (χ3v) is 7.22. The number of carbonyl (C=O) groups excluding carboxylic acids is 1. The Morgan fingerprint density at radius 2 is 2.10 bits per heavy atom. The van der Waals surface area contributed by atoms with Crippen molar-refractivity contribution >= 4 is 6.29 Å². The number of nitrogens with zero attached hydrogens (tertiary/aromatic N) is 2. The number of aldehydes is 1. The summed E-state index contributed by atoms with van der Waals surface area (Å²) in [6.07, 6.45) is 9.01. The highest BCUT2D eigenvalue weighted by atomic mass is 16.1. The van der Waals surface area contributed by atoms with Crippen LogP contribution >= 0.6 is 0 Å². The van der Waals surface area contributed by atoms with Gasteiger partial charge in [0, 0.05) is 37.8 Å². The molecular formula is C25H39N3O. The third kappa shape index (κ3) is 4.92. The number of hydrogen-bond acceptors (Lipinski definition) is 4. The van der Waals surface area contributed by atoms with E-state index in [1.165, 1.54) is 48.8 Å². The Morgan fingerprint density at radius 3 is 2.79 bits per heavy atom. The highest BCUT2D eigenvalue weighted by Gasteiger charge is 2.33. The molecule has 4 nitrogen and oxygen atoms in total. The van der Waals surface area contributed by atoms with Crippen molar-refractivity contribution in [1.29, 1.82) is 0 Å². The van der Waals surface area contributed by atoms with Gasteiger partial charge in [-0.2, -0.15) is 0 Å². The fourth-order valence-electron chi connectivity index (χ4n) is 5.56. The monoisotopic (exact) mass is 397 g/mol. The maximum absolute atomic E-state index is 11.0. The van der Waals surface area contributed by atoms with Gasteiger partial charge in [-0.25, -0.2) is 0 Å². The van der Waals surface area contributed by atoms with Crippen molar-refractivity contribution in [1.82, 2.24) is 15.1 Å². The number of carbonyl (C=O) groups is 1. The molecule has 0 saturated heterocycles. The standard InChI is InChI=1S/C25H39N3O/c1-18(26-3)24(11-8-14-29)28-17-22-16-20(12-13-23(22)19(28)2)15-21-9-6-7-10-25(21)27(4)5/h12-14,16,19,21,24-26H,1,6-11,15,17H2,2-5H3. The zero-order valence-corrected chi connectivity index (χ0v) is 18.8. The molecule has 0 bridgehead atoms. The summed E-state index contributed by atoms with van der Waals surface area (Å²) in [5.74, 6) is 0.760. The maximum Gasteiger partial charge on any atom is 0.120 e. The molecule has 0 radical (unpaired) electrons. The van der Waals surface area contributed by atoms with Crippen LogP contribution in [0.5, 0.6) is 0 Å². The van der Waals surface area contributed by atoms with Crippen LogP contribution in [0.2, 0.25) is 0 Å². The van der Waals surface area contributed by atoms with Crippen LogP contribution in [-0.2, 0) is 17.8 Å². The molecule has 1 saturated carbocycles. The summed E-state index contributed by atoms with van der Waals surface area (Å²) in [5, 5.41) is 3.22. The van der Waals surface area contributed by atoms with Crippen LogP contribution in [0, 0.1) is 5.92 Å². The van der Waals surface area contributed by atoms with Gasteiger partial charge in [0.15, 0.2) is 0 Å². The number of fused-ring (bicyclic) bond motifs is 1. The van der Waals surface area contributed by atoms with Gasteiger partial charge in [-0.3, -0.25) is 4.90 Å². The average molecular weight is 398 g/mol. The highest BCUT2D eigenvalue weighted by Crippen LogP contribution is 2.38. The number of rotatable bonds is 9. The first kappa shape index (κ1) is 22.0. The van der Waals surface area contributed by atoms with E-state index in [4.69, 9.17) is 0 Å². The average Bonchev–Trinajstić information content (AvgIpc) is 3.04. The predicted molar refractivity (Wildman–Crippen MR) is 121 cm³/mol. The highest BCUT2D eigenvalue weighted by molar-refractivity contribution is 5.49. The molecule has 0 aromatic heterocycles. The molecular weight excluding hydrogens is 358 g/mol. The molecule has 160 valence electrons. The molecule has 4 atom stereocenters. The van der Waals surface area contributed by atoms with Crippen LogP contribution in [0.15, 0.2) is 30.5 Å². The topological polar surface area (TPSA) is 35.6 Å². The van der Waals surface area contributed by atoms with Crippen LogP contribution < -0.4 is 5.32 Å². The molecule has 3 rings (SSSR count). The summed E-state index contributed by atoms with van der Waals surface area (Å²) < 4.78 is 0. The minimum absolute atomic E-state index is 0.188. The van der Waals surface area contributed by atoms with E-state index in [0.29, 0.717) is 18.5 Å². The van der Waals surface area contributed by atoms with Crippen LogP contribution in [0.25, 0.3) is 0 Å². The fraction of sp³-hybridized carbons (Fsp3) is 0.640. The third-order valence-electron chi connectivity index (χ3n) is 7.22. The van der Waals surface area contributed by atoms with Crippen molar-refractivity contribution in [3.8, 4) is 0 Å². The summed E-state index contributed by atoms with van der Waals surface area (Å²) in [5.41, 5.74) is 5.37. The largest absolute Gasteiger partial charge is 0.391 e. The Labute approximate surface area is 177 Å². The molecule has 0 amide bonds. The number of likely N-dealkylation sites (N-methyl/N-ethyl adjacent to an activating group) is 1. The smallest absolute Gasteiger partial charge is 0.120 e. The molecule has 1 aliphatic carbocycles. The molecule has 1 fully saturated rings. The second kappa shape index (κ2) is 9.90. The van der Waals surface area contributed by atoms with Gasteiger partial charge in [0.25, 0.3) is 0 Å². The number of nitrogens with one attached hydrogen (secondary N) is 1. The van der Waals surface area contributed by atoms with Crippen molar-refractivity contribution in [2.45, 2.75) is 76.5 Å². The summed E-state index contributed by atoms with van der Waals surface area (Å²) in [6, 6.07) is 8.40. The molecule has 0 spiro atoms. The minimum atomic E-state index is 0.188. The van der Waals surface area contributed by atoms with E-state index >= 15 is 0 Å². The lowest BCUT2D eigenvalue weighted by Gasteiger charge is -2.36. The molecule has 1 aromatic carbocycles. The summed E-state index contributed by atoms with van der Waals surface area (Å²) >= 11 is 0. The van der Waals surface area contributed by atoms with Gasteiger partial charge >= 0.3 is 0 Å². The molecule has 4 unspecified atom stereocenters. The van der Waals surface area contributed by atoms with E-state index in [2.05, 4.69) is 60.9 Å². The summed E-state index contributed by atoms with van der Waals surface area (Å²) in [7, 11) is 6.40. The quantitative estimate of drug-likeness (QED) is 0.630. The molecule has 1 aliphatic heterocycles. The van der Waals surface area contributed by atoms with Crippen molar-refractivity contribution < 1.29 is 4.79 Å². The SMILES string of the molecule is C=C(NC)C(CCC=O)N1Cc2cc(CC3CCCCC3N(C)C)ccc2C1C. The lowest BCUT2D eigenvalue weighted by molar-refractivity contribution is -0.108. The van der Waals surface area contributed by atoms with E-state index in [1.54, 1.807) is 0 Å². The van der Waals surface area contributed by atoms with Crippen LogP contribution in [-0.4, -0.2) is 49.3 Å². The molecule has 1 heterocycles. The normalized spacial score (nSPS) is 25.6. The summed E-state index contributed by atoms with van der Waals surface area (Å²) in [6.45, 7) is 7.44. The molecule has 2 aliphatic rings. The van der Waals surface area contributed by atoms with Gasteiger partial charge in [-0.15, -0.1) is 0 Å². The maximum atomic E-state index is 11.0. The second-order valence-corrected chi connectivity index (χ2v) is 9.20. The number of benzene rings is 1. The van der Waals surface area contributed by atoms with Crippen LogP contribution in [0.1, 0.15) is 68.2 Å². The van der Waals surface area contributed by atoms with Gasteiger partial charge < -0.3 is 15.0 Å². The van der Waals surface area contributed by atoms with Crippen LogP contribution in [0.3, 0.4) is 0 Å². The van der Waals surface area contributed by atoms with E-state index in [9.17, 15) is 4.79 Å². The lowest BCUT2D eigenvalue weighted by Crippen LogP contribution is -2.38. The van der Waals surface area contributed by atoms with Gasteiger partial charge in [-0.05, 0) is 69.3 Å². The fourth-order valence-corrected chi connectivity index (χ4v) is 5.56. The Balaban J connectivity index is 1.75. The van der Waals surface area contributed by atoms with E-state index in [-0.39, 0.29) is 6.04 Å². The zero-order chi connectivity index (χ0) is 21.0.